The van der Waals surface area contributed by atoms with Gasteiger partial charge in [0.2, 0.25) is 5.43 Å². The van der Waals surface area contributed by atoms with Crippen LogP contribution in [0.1, 0.15) is 48.3 Å². The van der Waals surface area contributed by atoms with Gasteiger partial charge >= 0.3 is 5.97 Å². The number of carboxylic acid groups (broad SMARTS) is 1. The third-order valence-corrected chi connectivity index (χ3v) is 7.31. The summed E-state index contributed by atoms with van der Waals surface area (Å²) in [4.78, 5) is 26.6. The van der Waals surface area contributed by atoms with Gasteiger partial charge in [-0.2, -0.15) is 0 Å². The van der Waals surface area contributed by atoms with Crippen molar-refractivity contribution in [3.63, 3.8) is 0 Å². The first-order valence-corrected chi connectivity index (χ1v) is 12.2. The van der Waals surface area contributed by atoms with Crippen LogP contribution in [0.5, 0.6) is 11.5 Å². The van der Waals surface area contributed by atoms with Gasteiger partial charge in [-0.25, -0.2) is 9.18 Å². The zero-order chi connectivity index (χ0) is 25.6. The maximum absolute atomic E-state index is 15.5. The van der Waals surface area contributed by atoms with E-state index >= 15 is 4.39 Å². The molecule has 3 aliphatic heterocycles. The van der Waals surface area contributed by atoms with Crippen molar-refractivity contribution in [1.29, 1.82) is 0 Å². The van der Waals surface area contributed by atoms with E-state index in [4.69, 9.17) is 18.9 Å². The molecular weight excluding hydrogens is 471 g/mol. The highest BCUT2D eigenvalue weighted by molar-refractivity contribution is 5.88. The molecule has 2 aromatic rings. The molecule has 0 bridgehead atoms. The molecule has 4 heterocycles. The number of rotatable bonds is 7. The first-order valence-electron chi connectivity index (χ1n) is 12.2. The monoisotopic (exact) mass is 502 g/mol. The Bertz CT molecular complexity index is 1240. The summed E-state index contributed by atoms with van der Waals surface area (Å²) in [5.74, 6) is -1.65. The summed E-state index contributed by atoms with van der Waals surface area (Å²) in [5, 5.41) is 9.51. The van der Waals surface area contributed by atoms with Crippen LogP contribution in [0.2, 0.25) is 0 Å². The minimum absolute atomic E-state index is 0.0389. The van der Waals surface area contributed by atoms with Crippen LogP contribution < -0.4 is 14.9 Å². The molecule has 10 heteroatoms. The Morgan fingerprint density at radius 2 is 2.00 bits per heavy atom. The number of carbonyl (C=O) groups is 1. The number of halogens is 1. The molecule has 0 spiro atoms. The van der Waals surface area contributed by atoms with Gasteiger partial charge in [-0.3, -0.25) is 9.69 Å². The molecule has 36 heavy (non-hydrogen) atoms. The SMILES string of the molecule is COc1cc2c(cc1OCCCN1CCOCC1)C1OCC(C)(C)C1n1cc(C(=O)O)c(=O)c(F)c1-2. The maximum Gasteiger partial charge on any atom is 0.341 e. The van der Waals surface area contributed by atoms with Gasteiger partial charge in [0.25, 0.3) is 0 Å². The molecular formula is C26H31FN2O7. The van der Waals surface area contributed by atoms with Gasteiger partial charge in [-0.1, -0.05) is 13.8 Å². The molecule has 194 valence electrons. The second-order valence-corrected chi connectivity index (χ2v) is 10.2. The molecule has 5 rings (SSSR count). The van der Waals surface area contributed by atoms with Crippen LogP contribution in [-0.4, -0.2) is 73.7 Å². The van der Waals surface area contributed by atoms with E-state index in [1.807, 2.05) is 13.8 Å². The third kappa shape index (κ3) is 4.16. The van der Waals surface area contributed by atoms with Crippen LogP contribution in [0.3, 0.4) is 0 Å². The van der Waals surface area contributed by atoms with E-state index in [0.29, 0.717) is 35.8 Å². The Morgan fingerprint density at radius 3 is 2.69 bits per heavy atom. The average molecular weight is 503 g/mol. The number of nitrogens with zero attached hydrogens (tertiary/aromatic N) is 2. The lowest BCUT2D eigenvalue weighted by molar-refractivity contribution is 0.0357. The van der Waals surface area contributed by atoms with Gasteiger partial charge in [-0.05, 0) is 24.1 Å². The summed E-state index contributed by atoms with van der Waals surface area (Å²) < 4.78 is 40.3. The Morgan fingerprint density at radius 1 is 1.25 bits per heavy atom. The van der Waals surface area contributed by atoms with E-state index in [2.05, 4.69) is 4.90 Å². The third-order valence-electron chi connectivity index (χ3n) is 7.31. The largest absolute Gasteiger partial charge is 0.493 e. The second kappa shape index (κ2) is 9.49. The Hall–Kier alpha value is -2.95. The van der Waals surface area contributed by atoms with Crippen molar-refractivity contribution in [2.45, 2.75) is 32.4 Å². The number of aromatic carboxylic acids is 1. The zero-order valence-electron chi connectivity index (χ0n) is 20.7. The quantitative estimate of drug-likeness (QED) is 0.577. The Labute approximate surface area is 208 Å². The number of ether oxygens (including phenoxy) is 4. The van der Waals surface area contributed by atoms with Gasteiger partial charge in [0.15, 0.2) is 17.3 Å². The molecule has 3 aliphatic rings. The van der Waals surface area contributed by atoms with E-state index < -0.39 is 40.3 Å². The number of benzene rings is 1. The number of aromatic nitrogens is 1. The number of methoxy groups -OCH3 is 1. The fraction of sp³-hybridized carbons (Fsp3) is 0.538. The number of carboxylic acids is 1. The molecule has 1 N–H and O–H groups in total. The van der Waals surface area contributed by atoms with Gasteiger partial charge < -0.3 is 28.6 Å². The molecule has 0 radical (unpaired) electrons. The van der Waals surface area contributed by atoms with Crippen molar-refractivity contribution in [3.8, 4) is 22.8 Å². The first kappa shape index (κ1) is 24.7. The van der Waals surface area contributed by atoms with Crippen molar-refractivity contribution in [2.75, 3.05) is 53.2 Å². The Balaban J connectivity index is 1.53. The molecule has 0 aliphatic carbocycles. The molecule has 2 fully saturated rings. The fourth-order valence-corrected chi connectivity index (χ4v) is 5.49. The van der Waals surface area contributed by atoms with Gasteiger partial charge in [0, 0.05) is 36.8 Å². The molecule has 9 nitrogen and oxygen atoms in total. The fourth-order valence-electron chi connectivity index (χ4n) is 5.49. The molecule has 1 aromatic carbocycles. The van der Waals surface area contributed by atoms with Crippen LogP contribution in [0, 0.1) is 11.2 Å². The van der Waals surface area contributed by atoms with Crippen molar-refractivity contribution in [1.82, 2.24) is 9.47 Å². The lowest BCUT2D eigenvalue weighted by Gasteiger charge is -2.38. The minimum Gasteiger partial charge on any atom is -0.493 e. The van der Waals surface area contributed by atoms with Crippen molar-refractivity contribution in [2.24, 2.45) is 5.41 Å². The van der Waals surface area contributed by atoms with E-state index in [9.17, 15) is 14.7 Å². The normalized spacial score (nSPS) is 22.4. The highest BCUT2D eigenvalue weighted by Gasteiger charge is 2.50. The van der Waals surface area contributed by atoms with Crippen LogP contribution >= 0.6 is 0 Å². The smallest absolute Gasteiger partial charge is 0.341 e. The summed E-state index contributed by atoms with van der Waals surface area (Å²) >= 11 is 0. The van der Waals surface area contributed by atoms with Crippen LogP contribution in [0.4, 0.5) is 4.39 Å². The number of fused-ring (bicyclic) bond motifs is 6. The summed E-state index contributed by atoms with van der Waals surface area (Å²) in [6.07, 6.45) is 1.59. The molecule has 2 unspecified atom stereocenters. The van der Waals surface area contributed by atoms with Crippen molar-refractivity contribution in [3.05, 3.63) is 45.5 Å². The highest BCUT2D eigenvalue weighted by atomic mass is 19.1. The molecule has 0 saturated carbocycles. The number of morpholine rings is 1. The van der Waals surface area contributed by atoms with Crippen LogP contribution in [0.25, 0.3) is 11.3 Å². The van der Waals surface area contributed by atoms with E-state index in [1.54, 1.807) is 16.7 Å². The number of pyridine rings is 1. The van der Waals surface area contributed by atoms with E-state index in [-0.39, 0.29) is 5.69 Å². The van der Waals surface area contributed by atoms with E-state index in [0.717, 1.165) is 39.3 Å². The number of hydrogen-bond acceptors (Lipinski definition) is 7. The van der Waals surface area contributed by atoms with Gasteiger partial charge in [0.1, 0.15) is 11.7 Å². The molecule has 2 atom stereocenters. The van der Waals surface area contributed by atoms with Crippen molar-refractivity contribution < 1.29 is 33.2 Å². The summed E-state index contributed by atoms with van der Waals surface area (Å²) in [5.41, 5.74) is -1.02. The topological polar surface area (TPSA) is 99.5 Å². The van der Waals surface area contributed by atoms with Crippen molar-refractivity contribution >= 4 is 5.97 Å². The molecule has 0 amide bonds. The lowest BCUT2D eigenvalue weighted by Crippen LogP contribution is -2.37. The minimum atomic E-state index is -1.47. The highest BCUT2D eigenvalue weighted by Crippen LogP contribution is 2.56. The number of hydrogen-bond donors (Lipinski definition) is 1. The predicted molar refractivity (Wildman–Crippen MR) is 128 cm³/mol. The summed E-state index contributed by atoms with van der Waals surface area (Å²) in [6, 6.07) is 3.04. The molecule has 1 aromatic heterocycles. The van der Waals surface area contributed by atoms with Crippen LogP contribution in [-0.2, 0) is 9.47 Å². The summed E-state index contributed by atoms with van der Waals surface area (Å²) in [6.45, 7) is 9.02. The van der Waals surface area contributed by atoms with Crippen LogP contribution in [0.15, 0.2) is 23.1 Å². The lowest BCUT2D eigenvalue weighted by atomic mass is 9.78. The van der Waals surface area contributed by atoms with Gasteiger partial charge in [0.05, 0.1) is 45.3 Å². The first-order chi connectivity index (χ1) is 17.2. The zero-order valence-corrected chi connectivity index (χ0v) is 20.7. The van der Waals surface area contributed by atoms with E-state index in [1.165, 1.54) is 13.3 Å². The maximum atomic E-state index is 15.5. The predicted octanol–water partition coefficient (Wildman–Crippen LogP) is 3.11. The summed E-state index contributed by atoms with van der Waals surface area (Å²) in [7, 11) is 1.50. The molecule has 2 saturated heterocycles. The standard InChI is InChI=1S/C26H31FN2O7/c1-26(2)14-36-23-16-12-19(35-8-4-5-28-6-9-34-10-7-28)18(33-3)11-15(16)21-20(27)22(30)17(25(31)32)13-29(21)24(23)26/h11-13,23-24H,4-10,14H2,1-3H3,(H,31,32). The second-order valence-electron chi connectivity index (χ2n) is 10.2. The van der Waals surface area contributed by atoms with Gasteiger partial charge in [-0.15, -0.1) is 0 Å². The average Bonchev–Trinajstić information content (AvgIpc) is 3.19. The Kier molecular flexibility index (Phi) is 6.52.